The Hall–Kier alpha value is -1.59. The van der Waals surface area contributed by atoms with E-state index in [0.29, 0.717) is 0 Å². The summed E-state index contributed by atoms with van der Waals surface area (Å²) in [6.45, 7) is 1.59. The van der Waals surface area contributed by atoms with Crippen LogP contribution >= 0.6 is 11.8 Å². The third kappa shape index (κ3) is 3.85. The fourth-order valence-electron chi connectivity index (χ4n) is 2.96. The summed E-state index contributed by atoms with van der Waals surface area (Å²) in [5.74, 6) is 0.863. The molecule has 1 aliphatic rings. The standard InChI is InChI=1S/C18H23N3OS/c1-20(2)11-12-21-16-10-6-9-15(16)17(19-18(21)22)23-13-14-7-4-3-5-8-14/h3-5,7-8H,6,9-13H2,1-2H3. The topological polar surface area (TPSA) is 38.1 Å². The smallest absolute Gasteiger partial charge is 0.308 e. The Morgan fingerprint density at radius 1 is 1.22 bits per heavy atom. The van der Waals surface area contributed by atoms with Crippen LogP contribution in [-0.2, 0) is 25.1 Å². The van der Waals surface area contributed by atoms with Gasteiger partial charge in [-0.3, -0.25) is 4.57 Å². The molecule has 1 aromatic carbocycles. The van der Waals surface area contributed by atoms with E-state index < -0.39 is 0 Å². The molecule has 23 heavy (non-hydrogen) atoms. The molecule has 0 amide bonds. The molecule has 0 saturated heterocycles. The largest absolute Gasteiger partial charge is 0.348 e. The third-order valence-electron chi connectivity index (χ3n) is 4.19. The average Bonchev–Trinajstić information content (AvgIpc) is 3.02. The zero-order valence-corrected chi connectivity index (χ0v) is 14.6. The van der Waals surface area contributed by atoms with E-state index in [1.54, 1.807) is 11.8 Å². The van der Waals surface area contributed by atoms with Gasteiger partial charge in [0, 0.05) is 30.1 Å². The van der Waals surface area contributed by atoms with Crippen molar-refractivity contribution in [2.24, 2.45) is 0 Å². The van der Waals surface area contributed by atoms with Crippen molar-refractivity contribution in [3.05, 3.63) is 57.6 Å². The Bertz CT molecular complexity index is 725. The van der Waals surface area contributed by atoms with Gasteiger partial charge in [0.15, 0.2) is 0 Å². The number of nitrogens with zero attached hydrogens (tertiary/aromatic N) is 3. The summed E-state index contributed by atoms with van der Waals surface area (Å²) in [7, 11) is 4.06. The molecule has 0 aliphatic heterocycles. The van der Waals surface area contributed by atoms with E-state index in [4.69, 9.17) is 0 Å². The number of rotatable bonds is 6. The van der Waals surface area contributed by atoms with Crippen molar-refractivity contribution in [1.82, 2.24) is 14.5 Å². The first-order valence-electron chi connectivity index (χ1n) is 8.09. The Morgan fingerprint density at radius 2 is 2.00 bits per heavy atom. The van der Waals surface area contributed by atoms with Crippen LogP contribution in [0.5, 0.6) is 0 Å². The summed E-state index contributed by atoms with van der Waals surface area (Å²) < 4.78 is 1.88. The Balaban J connectivity index is 1.83. The van der Waals surface area contributed by atoms with Crippen LogP contribution in [0.2, 0.25) is 0 Å². The molecule has 0 spiro atoms. The maximum atomic E-state index is 12.4. The van der Waals surface area contributed by atoms with Gasteiger partial charge in [-0.15, -0.1) is 11.8 Å². The third-order valence-corrected chi connectivity index (χ3v) is 5.28. The maximum absolute atomic E-state index is 12.4. The predicted molar refractivity (Wildman–Crippen MR) is 95.1 cm³/mol. The van der Waals surface area contributed by atoms with Crippen molar-refractivity contribution in [2.75, 3.05) is 20.6 Å². The van der Waals surface area contributed by atoms with Crippen molar-refractivity contribution in [2.45, 2.75) is 36.6 Å². The highest BCUT2D eigenvalue weighted by Gasteiger charge is 2.21. The van der Waals surface area contributed by atoms with Crippen LogP contribution in [-0.4, -0.2) is 35.1 Å². The molecule has 4 nitrogen and oxygen atoms in total. The van der Waals surface area contributed by atoms with E-state index >= 15 is 0 Å². The number of hydrogen-bond donors (Lipinski definition) is 0. The molecule has 1 aromatic heterocycles. The van der Waals surface area contributed by atoms with Crippen LogP contribution in [0.1, 0.15) is 23.2 Å². The molecule has 2 aromatic rings. The first kappa shape index (κ1) is 16.3. The summed E-state index contributed by atoms with van der Waals surface area (Å²) >= 11 is 1.69. The summed E-state index contributed by atoms with van der Waals surface area (Å²) in [6.07, 6.45) is 3.17. The van der Waals surface area contributed by atoms with Gasteiger partial charge in [-0.2, -0.15) is 4.98 Å². The highest BCUT2D eigenvalue weighted by molar-refractivity contribution is 7.98. The minimum absolute atomic E-state index is 0.0944. The molecule has 1 heterocycles. The lowest BCUT2D eigenvalue weighted by Crippen LogP contribution is -2.31. The van der Waals surface area contributed by atoms with E-state index in [0.717, 1.165) is 43.1 Å². The van der Waals surface area contributed by atoms with E-state index in [9.17, 15) is 4.79 Å². The first-order valence-corrected chi connectivity index (χ1v) is 9.08. The first-order chi connectivity index (χ1) is 11.1. The Kier molecular flexibility index (Phi) is 5.18. The SMILES string of the molecule is CN(C)CCn1c2c(c(SCc3ccccc3)nc1=O)CCC2. The van der Waals surface area contributed by atoms with Crippen molar-refractivity contribution in [3.63, 3.8) is 0 Å². The maximum Gasteiger partial charge on any atom is 0.348 e. The van der Waals surface area contributed by atoms with Crippen molar-refractivity contribution in [1.29, 1.82) is 0 Å². The minimum atomic E-state index is -0.0944. The molecule has 0 atom stereocenters. The average molecular weight is 329 g/mol. The van der Waals surface area contributed by atoms with Gasteiger partial charge in [-0.1, -0.05) is 30.3 Å². The molecule has 0 radical (unpaired) electrons. The quantitative estimate of drug-likeness (QED) is 0.603. The second-order valence-electron chi connectivity index (χ2n) is 6.21. The molecule has 5 heteroatoms. The normalized spacial score (nSPS) is 13.5. The van der Waals surface area contributed by atoms with Gasteiger partial charge in [0.05, 0.1) is 0 Å². The van der Waals surface area contributed by atoms with E-state index in [-0.39, 0.29) is 5.69 Å². The lowest BCUT2D eigenvalue weighted by molar-refractivity contribution is 0.375. The second-order valence-corrected chi connectivity index (χ2v) is 7.17. The van der Waals surface area contributed by atoms with Gasteiger partial charge in [-0.05, 0) is 38.9 Å². The van der Waals surface area contributed by atoms with E-state index in [1.807, 2.05) is 36.9 Å². The van der Waals surface area contributed by atoms with Gasteiger partial charge >= 0.3 is 5.69 Å². The fraction of sp³-hybridized carbons (Fsp3) is 0.444. The van der Waals surface area contributed by atoms with Gasteiger partial charge in [0.2, 0.25) is 0 Å². The lowest BCUT2D eigenvalue weighted by atomic mass is 10.2. The Morgan fingerprint density at radius 3 is 2.74 bits per heavy atom. The predicted octanol–water partition coefficient (Wildman–Crippen LogP) is 2.59. The fourth-order valence-corrected chi connectivity index (χ4v) is 3.99. The Labute approximate surface area is 141 Å². The molecule has 0 fully saturated rings. The van der Waals surface area contributed by atoms with Gasteiger partial charge < -0.3 is 4.90 Å². The van der Waals surface area contributed by atoms with E-state index in [1.165, 1.54) is 16.8 Å². The zero-order valence-electron chi connectivity index (χ0n) is 13.8. The zero-order chi connectivity index (χ0) is 16.2. The van der Waals surface area contributed by atoms with Crippen molar-refractivity contribution in [3.8, 4) is 0 Å². The van der Waals surface area contributed by atoms with E-state index in [2.05, 4.69) is 22.0 Å². The molecule has 0 bridgehead atoms. The van der Waals surface area contributed by atoms with Crippen molar-refractivity contribution < 1.29 is 0 Å². The van der Waals surface area contributed by atoms with Crippen LogP contribution in [0.4, 0.5) is 0 Å². The molecular formula is C18H23N3OS. The molecule has 0 unspecified atom stereocenters. The summed E-state index contributed by atoms with van der Waals surface area (Å²) in [4.78, 5) is 18.9. The number of thioether (sulfide) groups is 1. The van der Waals surface area contributed by atoms with Crippen LogP contribution in [0.3, 0.4) is 0 Å². The molecule has 3 rings (SSSR count). The molecule has 1 aliphatic carbocycles. The lowest BCUT2D eigenvalue weighted by Gasteiger charge is -2.16. The monoisotopic (exact) mass is 329 g/mol. The van der Waals surface area contributed by atoms with Gasteiger partial charge in [0.25, 0.3) is 0 Å². The second kappa shape index (κ2) is 7.32. The van der Waals surface area contributed by atoms with Crippen LogP contribution < -0.4 is 5.69 Å². The molecular weight excluding hydrogens is 306 g/mol. The molecule has 122 valence electrons. The highest BCUT2D eigenvalue weighted by Crippen LogP contribution is 2.30. The summed E-state index contributed by atoms with van der Waals surface area (Å²) in [5, 5.41) is 0.937. The summed E-state index contributed by atoms with van der Waals surface area (Å²) in [5.41, 5.74) is 3.68. The summed E-state index contributed by atoms with van der Waals surface area (Å²) in [6, 6.07) is 10.4. The van der Waals surface area contributed by atoms with Crippen LogP contribution in [0, 0.1) is 0 Å². The van der Waals surface area contributed by atoms with Crippen LogP contribution in [0.25, 0.3) is 0 Å². The number of hydrogen-bond acceptors (Lipinski definition) is 4. The minimum Gasteiger partial charge on any atom is -0.308 e. The van der Waals surface area contributed by atoms with Gasteiger partial charge in [-0.25, -0.2) is 4.79 Å². The van der Waals surface area contributed by atoms with Gasteiger partial charge in [0.1, 0.15) is 5.03 Å². The highest BCUT2D eigenvalue weighted by atomic mass is 32.2. The van der Waals surface area contributed by atoms with Crippen molar-refractivity contribution >= 4 is 11.8 Å². The van der Waals surface area contributed by atoms with Crippen LogP contribution in [0.15, 0.2) is 40.2 Å². The number of aromatic nitrogens is 2. The molecule has 0 saturated carbocycles. The number of likely N-dealkylation sites (N-methyl/N-ethyl adjacent to an activating group) is 1. The molecule has 0 N–H and O–H groups in total. The number of fused-ring (bicyclic) bond motifs is 1. The number of benzene rings is 1.